The van der Waals surface area contributed by atoms with Crippen LogP contribution in [-0.2, 0) is 5.54 Å². The Kier molecular flexibility index (Phi) is 3.51. The molecule has 1 heterocycles. The van der Waals surface area contributed by atoms with Gasteiger partial charge in [0.15, 0.2) is 0 Å². The fraction of sp³-hybridized carbons (Fsp3) is 0.562. The van der Waals surface area contributed by atoms with Gasteiger partial charge in [0.05, 0.1) is 16.6 Å². The van der Waals surface area contributed by atoms with E-state index in [1.807, 2.05) is 18.2 Å². The van der Waals surface area contributed by atoms with Crippen LogP contribution < -0.4 is 5.73 Å². The summed E-state index contributed by atoms with van der Waals surface area (Å²) in [5, 5.41) is 0.751. The van der Waals surface area contributed by atoms with Crippen molar-refractivity contribution in [1.29, 1.82) is 0 Å². The number of halogens is 1. The molecule has 2 aromatic rings. The van der Waals surface area contributed by atoms with Gasteiger partial charge >= 0.3 is 0 Å². The molecule has 0 radical (unpaired) electrons. The van der Waals surface area contributed by atoms with Crippen LogP contribution in [0.25, 0.3) is 11.0 Å². The van der Waals surface area contributed by atoms with Crippen LogP contribution >= 0.6 is 11.6 Å². The highest BCUT2D eigenvalue weighted by Gasteiger charge is 2.35. The second kappa shape index (κ2) is 5.05. The third-order valence-electron chi connectivity index (χ3n) is 4.36. The molecule has 3 rings (SSSR count). The van der Waals surface area contributed by atoms with Crippen molar-refractivity contribution in [3.05, 3.63) is 29.0 Å². The van der Waals surface area contributed by atoms with Crippen LogP contribution in [-0.4, -0.2) is 9.55 Å². The first kappa shape index (κ1) is 13.9. The quantitative estimate of drug-likeness (QED) is 0.892. The molecule has 1 aromatic carbocycles. The second-order valence-corrected chi connectivity index (χ2v) is 6.69. The number of nitrogens with two attached hydrogens (primary N) is 1. The molecule has 4 heteroatoms. The molecule has 2 N–H and O–H groups in total. The van der Waals surface area contributed by atoms with Crippen molar-refractivity contribution in [2.24, 2.45) is 5.73 Å². The van der Waals surface area contributed by atoms with E-state index < -0.39 is 0 Å². The van der Waals surface area contributed by atoms with Gasteiger partial charge in [-0.15, -0.1) is 0 Å². The largest absolute Gasteiger partial charge is 0.324 e. The maximum Gasteiger partial charge on any atom is 0.130 e. The van der Waals surface area contributed by atoms with Gasteiger partial charge in [0.25, 0.3) is 0 Å². The molecule has 1 aromatic heterocycles. The predicted molar refractivity (Wildman–Crippen MR) is 84.1 cm³/mol. The van der Waals surface area contributed by atoms with Gasteiger partial charge < -0.3 is 10.3 Å². The minimum atomic E-state index is -0.284. The SMILES string of the molecule is CC(C)n1c(C2(N)CCCCC2)nc2ccc(Cl)cc21. The van der Waals surface area contributed by atoms with Crippen molar-refractivity contribution in [1.82, 2.24) is 9.55 Å². The molecule has 20 heavy (non-hydrogen) atoms. The van der Waals surface area contributed by atoms with Crippen LogP contribution in [0.5, 0.6) is 0 Å². The fourth-order valence-electron chi connectivity index (χ4n) is 3.35. The Labute approximate surface area is 125 Å². The summed E-state index contributed by atoms with van der Waals surface area (Å²) in [6, 6.07) is 6.22. The molecule has 0 aliphatic heterocycles. The molecule has 0 saturated heterocycles. The molecule has 0 spiro atoms. The van der Waals surface area contributed by atoms with E-state index >= 15 is 0 Å². The lowest BCUT2D eigenvalue weighted by Crippen LogP contribution is -2.41. The lowest BCUT2D eigenvalue weighted by Gasteiger charge is -2.34. The molecule has 0 atom stereocenters. The minimum absolute atomic E-state index is 0.284. The van der Waals surface area contributed by atoms with Crippen LogP contribution in [0.2, 0.25) is 5.02 Å². The summed E-state index contributed by atoms with van der Waals surface area (Å²) in [4.78, 5) is 4.85. The predicted octanol–water partition coefficient (Wildman–Crippen LogP) is 4.39. The third-order valence-corrected chi connectivity index (χ3v) is 4.59. The molecule has 1 saturated carbocycles. The van der Waals surface area contributed by atoms with Gasteiger partial charge in [-0.2, -0.15) is 0 Å². The number of rotatable bonds is 2. The van der Waals surface area contributed by atoms with Gasteiger partial charge in [-0.3, -0.25) is 0 Å². The Morgan fingerprint density at radius 1 is 1.25 bits per heavy atom. The number of hydrogen-bond acceptors (Lipinski definition) is 2. The normalized spacial score (nSPS) is 18.9. The average Bonchev–Trinajstić information content (AvgIpc) is 2.79. The first-order chi connectivity index (χ1) is 9.51. The molecular formula is C16H22ClN3. The van der Waals surface area contributed by atoms with Gasteiger partial charge in [-0.05, 0) is 44.9 Å². The smallest absolute Gasteiger partial charge is 0.130 e. The number of nitrogens with zero attached hydrogens (tertiary/aromatic N) is 2. The van der Waals surface area contributed by atoms with Crippen molar-refractivity contribution in [3.8, 4) is 0 Å². The maximum atomic E-state index is 6.70. The van der Waals surface area contributed by atoms with Crippen molar-refractivity contribution < 1.29 is 0 Å². The lowest BCUT2D eigenvalue weighted by atomic mass is 9.82. The first-order valence-electron chi connectivity index (χ1n) is 7.48. The summed E-state index contributed by atoms with van der Waals surface area (Å²) in [6.07, 6.45) is 5.72. The van der Waals surface area contributed by atoms with Crippen molar-refractivity contribution in [2.45, 2.75) is 57.5 Å². The molecule has 0 bridgehead atoms. The standard InChI is InChI=1S/C16H22ClN3/c1-11(2)20-14-10-12(17)6-7-13(14)19-15(20)16(18)8-4-3-5-9-16/h6-7,10-11H,3-5,8-9,18H2,1-2H3. The number of imidazole rings is 1. The zero-order valence-corrected chi connectivity index (χ0v) is 13.0. The number of benzene rings is 1. The Bertz CT molecular complexity index is 624. The number of hydrogen-bond donors (Lipinski definition) is 1. The molecule has 1 aliphatic carbocycles. The van der Waals surface area contributed by atoms with Gasteiger partial charge in [0.1, 0.15) is 5.82 Å². The minimum Gasteiger partial charge on any atom is -0.324 e. The molecule has 0 amide bonds. The molecule has 3 nitrogen and oxygen atoms in total. The highest BCUT2D eigenvalue weighted by molar-refractivity contribution is 6.31. The van der Waals surface area contributed by atoms with E-state index in [4.69, 9.17) is 22.3 Å². The van der Waals surface area contributed by atoms with E-state index in [1.165, 1.54) is 19.3 Å². The zero-order valence-electron chi connectivity index (χ0n) is 12.2. The topological polar surface area (TPSA) is 43.8 Å². The Balaban J connectivity index is 2.21. The molecule has 0 unspecified atom stereocenters. The van der Waals surface area contributed by atoms with Crippen molar-refractivity contribution in [3.63, 3.8) is 0 Å². The van der Waals surface area contributed by atoms with Crippen LogP contribution in [0, 0.1) is 0 Å². The van der Waals surface area contributed by atoms with E-state index in [0.29, 0.717) is 6.04 Å². The second-order valence-electron chi connectivity index (χ2n) is 6.25. The number of fused-ring (bicyclic) bond motifs is 1. The van der Waals surface area contributed by atoms with Crippen molar-refractivity contribution in [2.75, 3.05) is 0 Å². The Morgan fingerprint density at radius 3 is 2.60 bits per heavy atom. The van der Waals surface area contributed by atoms with E-state index in [1.54, 1.807) is 0 Å². The molecular weight excluding hydrogens is 270 g/mol. The highest BCUT2D eigenvalue weighted by atomic mass is 35.5. The molecule has 1 aliphatic rings. The summed E-state index contributed by atoms with van der Waals surface area (Å²) >= 11 is 6.15. The number of aromatic nitrogens is 2. The van der Waals surface area contributed by atoms with Crippen LogP contribution in [0.15, 0.2) is 18.2 Å². The summed E-state index contributed by atoms with van der Waals surface area (Å²) in [5.74, 6) is 1.03. The molecule has 108 valence electrons. The van der Waals surface area contributed by atoms with Gasteiger partial charge in [0.2, 0.25) is 0 Å². The zero-order chi connectivity index (χ0) is 14.3. The lowest BCUT2D eigenvalue weighted by molar-refractivity contribution is 0.275. The summed E-state index contributed by atoms with van der Waals surface area (Å²) < 4.78 is 2.27. The maximum absolute atomic E-state index is 6.70. The average molecular weight is 292 g/mol. The van der Waals surface area contributed by atoms with Gasteiger partial charge in [-0.1, -0.05) is 30.9 Å². The summed E-state index contributed by atoms with van der Waals surface area (Å²) in [7, 11) is 0. The Hall–Kier alpha value is -1.06. The summed E-state index contributed by atoms with van der Waals surface area (Å²) in [5.41, 5.74) is 8.51. The fourth-order valence-corrected chi connectivity index (χ4v) is 3.51. The van der Waals surface area contributed by atoms with E-state index in [2.05, 4.69) is 18.4 Å². The van der Waals surface area contributed by atoms with E-state index in [9.17, 15) is 0 Å². The van der Waals surface area contributed by atoms with E-state index in [-0.39, 0.29) is 5.54 Å². The van der Waals surface area contributed by atoms with Crippen molar-refractivity contribution >= 4 is 22.6 Å². The van der Waals surface area contributed by atoms with Crippen LogP contribution in [0.4, 0.5) is 0 Å². The Morgan fingerprint density at radius 2 is 1.95 bits per heavy atom. The van der Waals surface area contributed by atoms with Crippen LogP contribution in [0.3, 0.4) is 0 Å². The van der Waals surface area contributed by atoms with Gasteiger partial charge in [0, 0.05) is 11.1 Å². The highest BCUT2D eigenvalue weighted by Crippen LogP contribution is 2.37. The summed E-state index contributed by atoms with van der Waals surface area (Å²) in [6.45, 7) is 4.36. The first-order valence-corrected chi connectivity index (χ1v) is 7.86. The van der Waals surface area contributed by atoms with Crippen LogP contribution in [0.1, 0.15) is 57.8 Å². The third kappa shape index (κ3) is 2.23. The van der Waals surface area contributed by atoms with E-state index in [0.717, 1.165) is 34.7 Å². The molecule has 1 fully saturated rings. The monoisotopic (exact) mass is 291 g/mol. The van der Waals surface area contributed by atoms with Gasteiger partial charge in [-0.25, -0.2) is 4.98 Å².